The second-order valence-corrected chi connectivity index (χ2v) is 10.3. The second kappa shape index (κ2) is 10.0. The van der Waals surface area contributed by atoms with E-state index in [1.807, 2.05) is 53.1 Å². The van der Waals surface area contributed by atoms with Crippen molar-refractivity contribution in [1.82, 2.24) is 19.7 Å². The number of H-pyrrole nitrogens is 1. The second-order valence-electron chi connectivity index (χ2n) is 7.62. The molecule has 5 aromatic rings. The maximum Gasteiger partial charge on any atom is 0.263 e. The number of hydrogen-bond donors (Lipinski definition) is 1. The van der Waals surface area contributed by atoms with Crippen LogP contribution >= 0.6 is 50.9 Å². The van der Waals surface area contributed by atoms with Gasteiger partial charge >= 0.3 is 0 Å². The fourth-order valence-electron chi connectivity index (χ4n) is 3.87. The van der Waals surface area contributed by atoms with Gasteiger partial charge in [-0.3, -0.25) is 9.36 Å². The van der Waals surface area contributed by atoms with Crippen LogP contribution in [-0.2, 0) is 6.54 Å². The standard InChI is InChI=1S/C26H17BrCl2N4OS/c1-2-13-33-24(16-7-3-5-9-19(16)27)31-32-26(33)35-23-22(17-8-4-6-10-20(17)29)18-12-11-15(28)14-21(18)30-25(23)34/h2-12,14H,1,13H2,(H,30,34). The average molecular weight is 584 g/mol. The highest BCUT2D eigenvalue weighted by Crippen LogP contribution is 2.41. The van der Waals surface area contributed by atoms with Crippen molar-refractivity contribution in [3.8, 4) is 22.5 Å². The van der Waals surface area contributed by atoms with E-state index in [-0.39, 0.29) is 5.56 Å². The number of nitrogens with one attached hydrogen (secondary N) is 1. The highest BCUT2D eigenvalue weighted by molar-refractivity contribution is 9.10. The fourth-order valence-corrected chi connectivity index (χ4v) is 5.74. The first-order chi connectivity index (χ1) is 17.0. The molecule has 0 bridgehead atoms. The molecule has 0 fully saturated rings. The van der Waals surface area contributed by atoms with E-state index in [4.69, 9.17) is 23.2 Å². The van der Waals surface area contributed by atoms with Crippen molar-refractivity contribution in [2.45, 2.75) is 16.6 Å². The van der Waals surface area contributed by atoms with Crippen LogP contribution in [0.25, 0.3) is 33.4 Å². The Kier molecular flexibility index (Phi) is 6.84. The fraction of sp³-hybridized carbons (Fsp3) is 0.0385. The third kappa shape index (κ3) is 4.57. The summed E-state index contributed by atoms with van der Waals surface area (Å²) < 4.78 is 2.83. The predicted molar refractivity (Wildman–Crippen MR) is 148 cm³/mol. The van der Waals surface area contributed by atoms with E-state index in [0.717, 1.165) is 21.0 Å². The van der Waals surface area contributed by atoms with Gasteiger partial charge in [0.2, 0.25) is 0 Å². The van der Waals surface area contributed by atoms with Gasteiger partial charge in [0.1, 0.15) is 0 Å². The molecule has 0 aliphatic heterocycles. The highest BCUT2D eigenvalue weighted by Gasteiger charge is 2.22. The number of benzene rings is 3. The van der Waals surface area contributed by atoms with Crippen LogP contribution < -0.4 is 5.56 Å². The molecule has 0 saturated carbocycles. The Hall–Kier alpha value is -2.84. The SMILES string of the molecule is C=CCn1c(Sc2c(-c3ccccc3Cl)c3ccc(Cl)cc3[nH]c2=O)nnc1-c1ccccc1Br. The van der Waals surface area contributed by atoms with Gasteiger partial charge in [0.15, 0.2) is 11.0 Å². The quantitative estimate of drug-likeness (QED) is 0.207. The predicted octanol–water partition coefficient (Wildman–Crippen LogP) is 7.86. The van der Waals surface area contributed by atoms with Crippen LogP contribution in [0, 0.1) is 0 Å². The normalized spacial score (nSPS) is 11.2. The van der Waals surface area contributed by atoms with Crippen molar-refractivity contribution in [3.05, 3.63) is 104 Å². The topological polar surface area (TPSA) is 63.6 Å². The van der Waals surface area contributed by atoms with Crippen molar-refractivity contribution < 1.29 is 0 Å². The van der Waals surface area contributed by atoms with Gasteiger partial charge in [-0.1, -0.05) is 87.7 Å². The minimum Gasteiger partial charge on any atom is -0.321 e. The van der Waals surface area contributed by atoms with Crippen molar-refractivity contribution in [2.24, 2.45) is 0 Å². The lowest BCUT2D eigenvalue weighted by Crippen LogP contribution is -2.11. The van der Waals surface area contributed by atoms with E-state index < -0.39 is 0 Å². The van der Waals surface area contributed by atoms with Crippen LogP contribution in [0.5, 0.6) is 0 Å². The summed E-state index contributed by atoms with van der Waals surface area (Å²) in [5, 5.41) is 11.3. The number of aromatic nitrogens is 4. The number of rotatable bonds is 6. The van der Waals surface area contributed by atoms with E-state index in [1.54, 1.807) is 24.3 Å². The third-order valence-electron chi connectivity index (χ3n) is 5.41. The molecular formula is C26H17BrCl2N4OS. The molecule has 0 saturated heterocycles. The van der Waals surface area contributed by atoms with Crippen LogP contribution in [0.4, 0.5) is 0 Å². The first-order valence-electron chi connectivity index (χ1n) is 10.5. The Bertz CT molecular complexity index is 1650. The molecule has 2 aromatic heterocycles. The Labute approximate surface area is 223 Å². The molecule has 0 amide bonds. The molecule has 35 heavy (non-hydrogen) atoms. The van der Waals surface area contributed by atoms with Gasteiger partial charge in [0, 0.05) is 43.1 Å². The molecular weight excluding hydrogens is 567 g/mol. The smallest absolute Gasteiger partial charge is 0.263 e. The number of hydrogen-bond acceptors (Lipinski definition) is 4. The zero-order valence-corrected chi connectivity index (χ0v) is 22.0. The lowest BCUT2D eigenvalue weighted by atomic mass is 10.0. The van der Waals surface area contributed by atoms with E-state index in [9.17, 15) is 4.79 Å². The first kappa shape index (κ1) is 23.9. The molecule has 0 aliphatic carbocycles. The molecule has 2 heterocycles. The summed E-state index contributed by atoms with van der Waals surface area (Å²) in [4.78, 5) is 16.8. The van der Waals surface area contributed by atoms with Crippen molar-refractivity contribution in [3.63, 3.8) is 0 Å². The lowest BCUT2D eigenvalue weighted by molar-refractivity contribution is 0.731. The van der Waals surface area contributed by atoms with E-state index in [2.05, 4.69) is 37.7 Å². The lowest BCUT2D eigenvalue weighted by Gasteiger charge is -2.14. The molecule has 0 spiro atoms. The number of halogens is 3. The maximum absolute atomic E-state index is 13.4. The molecule has 3 aromatic carbocycles. The van der Waals surface area contributed by atoms with Crippen LogP contribution in [0.15, 0.2) is 98.7 Å². The van der Waals surface area contributed by atoms with E-state index in [1.165, 1.54) is 11.8 Å². The first-order valence-corrected chi connectivity index (χ1v) is 12.9. The minimum absolute atomic E-state index is 0.268. The van der Waals surface area contributed by atoms with Crippen molar-refractivity contribution in [2.75, 3.05) is 0 Å². The van der Waals surface area contributed by atoms with Crippen LogP contribution in [-0.4, -0.2) is 19.7 Å². The van der Waals surface area contributed by atoms with Gasteiger partial charge in [-0.05, 0) is 36.0 Å². The summed E-state index contributed by atoms with van der Waals surface area (Å²) in [5.74, 6) is 0.670. The number of pyridine rings is 1. The zero-order chi connectivity index (χ0) is 24.5. The van der Waals surface area contributed by atoms with Crippen LogP contribution in [0.1, 0.15) is 0 Å². The van der Waals surface area contributed by atoms with Gasteiger partial charge < -0.3 is 4.98 Å². The number of allylic oxidation sites excluding steroid dienone is 1. The summed E-state index contributed by atoms with van der Waals surface area (Å²) in [6, 6.07) is 20.7. The summed E-state index contributed by atoms with van der Waals surface area (Å²) in [6.07, 6.45) is 1.77. The van der Waals surface area contributed by atoms with Gasteiger partial charge in [-0.25, -0.2) is 0 Å². The minimum atomic E-state index is -0.268. The number of fused-ring (bicyclic) bond motifs is 1. The van der Waals surface area contributed by atoms with Crippen LogP contribution in [0.2, 0.25) is 10.0 Å². The van der Waals surface area contributed by atoms with Crippen LogP contribution in [0.3, 0.4) is 0 Å². The Morgan fingerprint density at radius 3 is 2.51 bits per heavy atom. The highest BCUT2D eigenvalue weighted by atomic mass is 79.9. The Morgan fingerprint density at radius 1 is 1.03 bits per heavy atom. The molecule has 0 unspecified atom stereocenters. The molecule has 174 valence electrons. The third-order valence-corrected chi connectivity index (χ3v) is 7.75. The Morgan fingerprint density at radius 2 is 1.77 bits per heavy atom. The van der Waals surface area contributed by atoms with E-state index >= 15 is 0 Å². The number of nitrogens with zero attached hydrogens (tertiary/aromatic N) is 3. The summed E-state index contributed by atoms with van der Waals surface area (Å²) in [5.41, 5.74) is 2.71. The molecule has 0 atom stereocenters. The monoisotopic (exact) mass is 582 g/mol. The van der Waals surface area contributed by atoms with Gasteiger partial charge in [0.25, 0.3) is 5.56 Å². The molecule has 1 N–H and O–H groups in total. The van der Waals surface area contributed by atoms with Gasteiger partial charge in [-0.15, -0.1) is 16.8 Å². The zero-order valence-electron chi connectivity index (χ0n) is 18.1. The Balaban J connectivity index is 1.74. The van der Waals surface area contributed by atoms with Crippen molar-refractivity contribution in [1.29, 1.82) is 0 Å². The summed E-state index contributed by atoms with van der Waals surface area (Å²) in [7, 11) is 0. The number of aromatic amines is 1. The molecule has 0 aliphatic rings. The van der Waals surface area contributed by atoms with Gasteiger partial charge in [-0.2, -0.15) is 0 Å². The molecule has 5 rings (SSSR count). The molecule has 5 nitrogen and oxygen atoms in total. The summed E-state index contributed by atoms with van der Waals surface area (Å²) in [6.45, 7) is 4.36. The molecule has 9 heteroatoms. The molecule has 0 radical (unpaired) electrons. The van der Waals surface area contributed by atoms with Crippen molar-refractivity contribution >= 4 is 61.8 Å². The van der Waals surface area contributed by atoms with Gasteiger partial charge in [0.05, 0.1) is 10.4 Å². The largest absolute Gasteiger partial charge is 0.321 e. The average Bonchev–Trinajstić information content (AvgIpc) is 3.23. The maximum atomic E-state index is 13.4. The summed E-state index contributed by atoms with van der Waals surface area (Å²) >= 11 is 17.6. The van der Waals surface area contributed by atoms with E-state index in [0.29, 0.717) is 43.5 Å².